The molecule has 0 bridgehead atoms. The fourth-order valence-corrected chi connectivity index (χ4v) is 1.39. The molecule has 0 radical (unpaired) electrons. The van der Waals surface area contributed by atoms with Crippen LogP contribution in [-0.4, -0.2) is 29.0 Å². The monoisotopic (exact) mass is 152 g/mol. The van der Waals surface area contributed by atoms with Crippen molar-refractivity contribution in [2.24, 2.45) is 0 Å². The van der Waals surface area contributed by atoms with Gasteiger partial charge in [-0.3, -0.25) is 0 Å². The lowest BCUT2D eigenvalue weighted by Crippen LogP contribution is -1.88. The van der Waals surface area contributed by atoms with E-state index in [0.717, 1.165) is 23.7 Å². The van der Waals surface area contributed by atoms with Crippen molar-refractivity contribution in [2.45, 2.75) is 6.42 Å². The molecule has 0 spiro atoms. The first-order valence-corrected chi connectivity index (χ1v) is 4.50. The van der Waals surface area contributed by atoms with Gasteiger partial charge in [-0.05, 0) is 17.9 Å². The maximum atomic E-state index is 8.33. The molecular formula is C5H12OS2. The first-order chi connectivity index (χ1) is 3.91. The fraction of sp³-hybridized carbons (Fsp3) is 1.00. The third-order valence-electron chi connectivity index (χ3n) is 0.682. The van der Waals surface area contributed by atoms with Crippen LogP contribution in [0.2, 0.25) is 0 Å². The zero-order valence-corrected chi connectivity index (χ0v) is 6.55. The Morgan fingerprint density at radius 2 is 2.12 bits per heavy atom. The molecular weight excluding hydrogens is 140 g/mol. The molecule has 1 N–H and O–H groups in total. The molecule has 50 valence electrons. The fourth-order valence-electron chi connectivity index (χ4n) is 0.333. The van der Waals surface area contributed by atoms with E-state index in [1.54, 1.807) is 11.8 Å². The summed E-state index contributed by atoms with van der Waals surface area (Å²) in [6.45, 7) is 0.303. The Morgan fingerprint density at radius 3 is 2.62 bits per heavy atom. The van der Waals surface area contributed by atoms with Crippen LogP contribution in [-0.2, 0) is 0 Å². The molecule has 0 saturated heterocycles. The second-order valence-electron chi connectivity index (χ2n) is 1.41. The van der Waals surface area contributed by atoms with Crippen LogP contribution >= 0.6 is 24.4 Å². The van der Waals surface area contributed by atoms with E-state index in [4.69, 9.17) is 5.11 Å². The summed E-state index contributed by atoms with van der Waals surface area (Å²) in [5.74, 6) is 2.95. The van der Waals surface area contributed by atoms with Gasteiger partial charge in [0.1, 0.15) is 0 Å². The normalized spacial score (nSPS) is 9.75. The van der Waals surface area contributed by atoms with Crippen LogP contribution in [0.3, 0.4) is 0 Å². The smallest absolute Gasteiger partial charge is 0.0521 e. The number of aliphatic hydroxyl groups is 1. The van der Waals surface area contributed by atoms with Gasteiger partial charge in [-0.15, -0.1) is 0 Å². The predicted octanol–water partition coefficient (Wildman–Crippen LogP) is 1.03. The number of aliphatic hydroxyl groups excluding tert-OH is 1. The highest BCUT2D eigenvalue weighted by molar-refractivity contribution is 7.99. The minimum Gasteiger partial charge on any atom is -0.396 e. The van der Waals surface area contributed by atoms with Gasteiger partial charge in [0.05, 0.1) is 6.61 Å². The number of hydrogen-bond acceptors (Lipinski definition) is 3. The molecule has 3 heteroatoms. The summed E-state index contributed by atoms with van der Waals surface area (Å²) in [5.41, 5.74) is 0. The standard InChI is InChI=1S/C5H12OS2/c6-2-5-8-4-1-3-7/h6-7H,1-5H2. The van der Waals surface area contributed by atoms with Crippen molar-refractivity contribution in [1.29, 1.82) is 0 Å². The molecule has 1 nitrogen and oxygen atoms in total. The van der Waals surface area contributed by atoms with Crippen molar-refractivity contribution in [3.05, 3.63) is 0 Å². The SMILES string of the molecule is OCCSCCCS. The van der Waals surface area contributed by atoms with Gasteiger partial charge in [0.25, 0.3) is 0 Å². The topological polar surface area (TPSA) is 20.2 Å². The van der Waals surface area contributed by atoms with Crippen molar-refractivity contribution in [3.63, 3.8) is 0 Å². The Bertz CT molecular complexity index is 35.4. The maximum absolute atomic E-state index is 8.33. The molecule has 0 unspecified atom stereocenters. The van der Waals surface area contributed by atoms with E-state index < -0.39 is 0 Å². The van der Waals surface area contributed by atoms with Crippen LogP contribution in [0.15, 0.2) is 0 Å². The first-order valence-electron chi connectivity index (χ1n) is 2.71. The van der Waals surface area contributed by atoms with Gasteiger partial charge in [0.2, 0.25) is 0 Å². The quantitative estimate of drug-likeness (QED) is 0.453. The summed E-state index contributed by atoms with van der Waals surface area (Å²) in [5, 5.41) is 8.33. The molecule has 0 aromatic rings. The molecule has 8 heavy (non-hydrogen) atoms. The lowest BCUT2D eigenvalue weighted by Gasteiger charge is -1.93. The molecule has 0 heterocycles. The zero-order valence-electron chi connectivity index (χ0n) is 4.84. The van der Waals surface area contributed by atoms with Crippen LogP contribution in [0.5, 0.6) is 0 Å². The van der Waals surface area contributed by atoms with Gasteiger partial charge in [-0.25, -0.2) is 0 Å². The summed E-state index contributed by atoms with van der Waals surface area (Å²) in [6.07, 6.45) is 1.15. The van der Waals surface area contributed by atoms with Crippen molar-refractivity contribution in [1.82, 2.24) is 0 Å². The van der Waals surface area contributed by atoms with Crippen LogP contribution in [0.1, 0.15) is 6.42 Å². The van der Waals surface area contributed by atoms with Gasteiger partial charge < -0.3 is 5.11 Å². The molecule has 0 saturated carbocycles. The summed E-state index contributed by atoms with van der Waals surface area (Å²) in [6, 6.07) is 0. The minimum atomic E-state index is 0.303. The van der Waals surface area contributed by atoms with E-state index in [-0.39, 0.29) is 0 Å². The Hall–Kier alpha value is 0.660. The van der Waals surface area contributed by atoms with Crippen molar-refractivity contribution >= 4 is 24.4 Å². The molecule has 0 aliphatic heterocycles. The van der Waals surface area contributed by atoms with Gasteiger partial charge in [-0.2, -0.15) is 24.4 Å². The minimum absolute atomic E-state index is 0.303. The van der Waals surface area contributed by atoms with Crippen LogP contribution < -0.4 is 0 Å². The van der Waals surface area contributed by atoms with Crippen LogP contribution in [0.25, 0.3) is 0 Å². The van der Waals surface area contributed by atoms with E-state index in [1.165, 1.54) is 0 Å². The zero-order chi connectivity index (χ0) is 6.24. The van der Waals surface area contributed by atoms with E-state index in [1.807, 2.05) is 0 Å². The van der Waals surface area contributed by atoms with Crippen molar-refractivity contribution in [3.8, 4) is 0 Å². The largest absolute Gasteiger partial charge is 0.396 e. The first kappa shape index (κ1) is 8.66. The van der Waals surface area contributed by atoms with Crippen LogP contribution in [0, 0.1) is 0 Å². The van der Waals surface area contributed by atoms with Crippen molar-refractivity contribution in [2.75, 3.05) is 23.9 Å². The molecule has 0 atom stereocenters. The second kappa shape index (κ2) is 7.66. The van der Waals surface area contributed by atoms with Crippen LogP contribution in [0.4, 0.5) is 0 Å². The summed E-state index contributed by atoms with van der Waals surface area (Å²) >= 11 is 5.83. The highest BCUT2D eigenvalue weighted by Gasteiger charge is 1.84. The molecule has 0 amide bonds. The van der Waals surface area contributed by atoms with E-state index in [0.29, 0.717) is 6.61 Å². The van der Waals surface area contributed by atoms with Gasteiger partial charge in [0, 0.05) is 5.75 Å². The Kier molecular flexibility index (Phi) is 8.29. The highest BCUT2D eigenvalue weighted by atomic mass is 32.2. The number of rotatable bonds is 5. The number of thioether (sulfide) groups is 1. The predicted molar refractivity (Wildman–Crippen MR) is 42.9 cm³/mol. The van der Waals surface area contributed by atoms with E-state index >= 15 is 0 Å². The molecule has 0 rings (SSSR count). The molecule has 0 aliphatic rings. The Balaban J connectivity index is 2.53. The third-order valence-corrected chi connectivity index (χ3v) is 2.05. The maximum Gasteiger partial charge on any atom is 0.0521 e. The van der Waals surface area contributed by atoms with E-state index in [2.05, 4.69) is 12.6 Å². The Morgan fingerprint density at radius 1 is 1.38 bits per heavy atom. The molecule has 0 fully saturated rings. The average Bonchev–Trinajstić information content (AvgIpc) is 1.81. The van der Waals surface area contributed by atoms with Gasteiger partial charge in [0.15, 0.2) is 0 Å². The summed E-state index contributed by atoms with van der Waals surface area (Å²) in [7, 11) is 0. The van der Waals surface area contributed by atoms with E-state index in [9.17, 15) is 0 Å². The molecule has 0 aromatic heterocycles. The average molecular weight is 152 g/mol. The number of hydrogen-bond donors (Lipinski definition) is 2. The van der Waals surface area contributed by atoms with Gasteiger partial charge >= 0.3 is 0 Å². The van der Waals surface area contributed by atoms with Gasteiger partial charge in [-0.1, -0.05) is 0 Å². The second-order valence-corrected chi connectivity index (χ2v) is 3.09. The molecule has 0 aliphatic carbocycles. The summed E-state index contributed by atoms with van der Waals surface area (Å²) in [4.78, 5) is 0. The van der Waals surface area contributed by atoms with Crippen molar-refractivity contribution < 1.29 is 5.11 Å². The lowest BCUT2D eigenvalue weighted by atomic mass is 10.6. The highest BCUT2D eigenvalue weighted by Crippen LogP contribution is 2.00. The molecule has 0 aromatic carbocycles. The summed E-state index contributed by atoms with van der Waals surface area (Å²) < 4.78 is 0. The number of thiol groups is 1. The lowest BCUT2D eigenvalue weighted by molar-refractivity contribution is 0.322. The third kappa shape index (κ3) is 6.66. The Labute approximate surface area is 60.3 Å².